The van der Waals surface area contributed by atoms with Crippen LogP contribution in [-0.2, 0) is 0 Å². The van der Waals surface area contributed by atoms with Gasteiger partial charge in [-0.05, 0) is 14.0 Å². The third kappa shape index (κ3) is 3.17. The first-order chi connectivity index (χ1) is 7.15. The van der Waals surface area contributed by atoms with Crippen molar-refractivity contribution in [3.05, 3.63) is 18.1 Å². The van der Waals surface area contributed by atoms with Crippen LogP contribution in [0.5, 0.6) is 0 Å². The van der Waals surface area contributed by atoms with Gasteiger partial charge in [-0.2, -0.15) is 0 Å². The Kier molecular flexibility index (Phi) is 3.99. The molecule has 82 valence electrons. The third-order valence-electron chi connectivity index (χ3n) is 2.00. The minimum atomic E-state index is -0.303. The fourth-order valence-electron chi connectivity index (χ4n) is 0.955. The van der Waals surface area contributed by atoms with Crippen molar-refractivity contribution in [2.24, 2.45) is 0 Å². The van der Waals surface area contributed by atoms with Crippen molar-refractivity contribution in [1.29, 1.82) is 0 Å². The summed E-state index contributed by atoms with van der Waals surface area (Å²) < 4.78 is 0. The number of amides is 1. The molecule has 1 aromatic heterocycles. The van der Waals surface area contributed by atoms with E-state index in [-0.39, 0.29) is 23.5 Å². The second kappa shape index (κ2) is 5.26. The van der Waals surface area contributed by atoms with Gasteiger partial charge in [0, 0.05) is 25.0 Å². The molecule has 15 heavy (non-hydrogen) atoms. The lowest BCUT2D eigenvalue weighted by Crippen LogP contribution is -2.37. The van der Waals surface area contributed by atoms with Crippen LogP contribution in [0, 0.1) is 0 Å². The summed E-state index contributed by atoms with van der Waals surface area (Å²) in [6.07, 6.45) is 2.88. The van der Waals surface area contributed by atoms with Gasteiger partial charge in [-0.25, -0.2) is 9.97 Å². The van der Waals surface area contributed by atoms with E-state index in [1.54, 1.807) is 0 Å². The van der Waals surface area contributed by atoms with Crippen molar-refractivity contribution in [2.45, 2.75) is 13.0 Å². The standard InChI is InChI=1S/C9H15N5O/c1-6(11-2)5-14-9(15)7-8(10)13-4-3-12-7/h3-4,6,11H,5H2,1-2H3,(H2,10,13)(H,14,15). The average Bonchev–Trinajstić information content (AvgIpc) is 2.26. The van der Waals surface area contributed by atoms with Crippen LogP contribution in [0.1, 0.15) is 17.4 Å². The monoisotopic (exact) mass is 209 g/mol. The molecule has 0 aliphatic heterocycles. The second-order valence-corrected chi connectivity index (χ2v) is 3.19. The number of rotatable bonds is 4. The molecule has 6 nitrogen and oxygen atoms in total. The number of nitrogens with one attached hydrogen (secondary N) is 2. The predicted molar refractivity (Wildman–Crippen MR) is 57.3 cm³/mol. The maximum absolute atomic E-state index is 11.6. The molecule has 0 radical (unpaired) electrons. The molecule has 1 heterocycles. The first-order valence-corrected chi connectivity index (χ1v) is 4.67. The van der Waals surface area contributed by atoms with E-state index in [9.17, 15) is 4.79 Å². The molecule has 1 amide bonds. The highest BCUT2D eigenvalue weighted by molar-refractivity contribution is 5.96. The normalized spacial score (nSPS) is 12.1. The van der Waals surface area contributed by atoms with Crippen LogP contribution in [0.15, 0.2) is 12.4 Å². The molecule has 0 aliphatic carbocycles. The van der Waals surface area contributed by atoms with Crippen LogP contribution in [-0.4, -0.2) is 35.5 Å². The highest BCUT2D eigenvalue weighted by Gasteiger charge is 2.11. The smallest absolute Gasteiger partial charge is 0.273 e. The van der Waals surface area contributed by atoms with Crippen molar-refractivity contribution >= 4 is 11.7 Å². The van der Waals surface area contributed by atoms with E-state index >= 15 is 0 Å². The van der Waals surface area contributed by atoms with E-state index in [0.29, 0.717) is 6.54 Å². The van der Waals surface area contributed by atoms with Crippen LogP contribution in [0.2, 0.25) is 0 Å². The summed E-state index contributed by atoms with van der Waals surface area (Å²) >= 11 is 0. The van der Waals surface area contributed by atoms with E-state index in [0.717, 1.165) is 0 Å². The topological polar surface area (TPSA) is 92.9 Å². The highest BCUT2D eigenvalue weighted by atomic mass is 16.1. The SMILES string of the molecule is CNC(C)CNC(=O)c1nccnc1N. The number of aromatic nitrogens is 2. The van der Waals surface area contributed by atoms with Crippen molar-refractivity contribution in [3.63, 3.8) is 0 Å². The molecule has 1 unspecified atom stereocenters. The Morgan fingerprint density at radius 1 is 1.53 bits per heavy atom. The first kappa shape index (κ1) is 11.4. The summed E-state index contributed by atoms with van der Waals surface area (Å²) in [6, 6.07) is 0.201. The van der Waals surface area contributed by atoms with E-state index in [4.69, 9.17) is 5.73 Å². The molecule has 0 saturated carbocycles. The first-order valence-electron chi connectivity index (χ1n) is 4.67. The van der Waals surface area contributed by atoms with Crippen LogP contribution < -0.4 is 16.4 Å². The number of hydrogen-bond acceptors (Lipinski definition) is 5. The fourth-order valence-corrected chi connectivity index (χ4v) is 0.955. The number of hydrogen-bond donors (Lipinski definition) is 3. The zero-order chi connectivity index (χ0) is 11.3. The van der Waals surface area contributed by atoms with Crippen LogP contribution >= 0.6 is 0 Å². The molecule has 1 aromatic rings. The van der Waals surface area contributed by atoms with Crippen molar-refractivity contribution in [1.82, 2.24) is 20.6 Å². The molecule has 1 atom stereocenters. The largest absolute Gasteiger partial charge is 0.382 e. The van der Waals surface area contributed by atoms with E-state index < -0.39 is 0 Å². The van der Waals surface area contributed by atoms with Gasteiger partial charge < -0.3 is 16.4 Å². The third-order valence-corrected chi connectivity index (χ3v) is 2.00. The van der Waals surface area contributed by atoms with Gasteiger partial charge in [0.15, 0.2) is 11.5 Å². The maximum Gasteiger partial charge on any atom is 0.273 e. The van der Waals surface area contributed by atoms with Gasteiger partial charge in [-0.3, -0.25) is 4.79 Å². The molecule has 4 N–H and O–H groups in total. The minimum absolute atomic E-state index is 0.145. The summed E-state index contributed by atoms with van der Waals surface area (Å²) in [4.78, 5) is 19.2. The van der Waals surface area contributed by atoms with E-state index in [1.807, 2.05) is 14.0 Å². The lowest BCUT2D eigenvalue weighted by molar-refractivity contribution is 0.0946. The molecule has 0 bridgehead atoms. The van der Waals surface area contributed by atoms with Gasteiger partial charge in [-0.1, -0.05) is 0 Å². The number of anilines is 1. The lowest BCUT2D eigenvalue weighted by Gasteiger charge is -2.11. The summed E-state index contributed by atoms with van der Waals surface area (Å²) in [5, 5.41) is 5.71. The number of nitrogens with two attached hydrogens (primary N) is 1. The Labute approximate surface area is 88.3 Å². The molecular weight excluding hydrogens is 194 g/mol. The van der Waals surface area contributed by atoms with E-state index in [1.165, 1.54) is 12.4 Å². The summed E-state index contributed by atoms with van der Waals surface area (Å²) in [6.45, 7) is 2.48. The Morgan fingerprint density at radius 2 is 2.20 bits per heavy atom. The summed E-state index contributed by atoms with van der Waals surface area (Å²) in [5.41, 5.74) is 5.68. The second-order valence-electron chi connectivity index (χ2n) is 3.19. The van der Waals surface area contributed by atoms with Crippen LogP contribution in [0.3, 0.4) is 0 Å². The molecule has 0 aromatic carbocycles. The van der Waals surface area contributed by atoms with Gasteiger partial charge in [0.2, 0.25) is 0 Å². The number of nitrogen functional groups attached to an aromatic ring is 1. The number of likely N-dealkylation sites (N-methyl/N-ethyl adjacent to an activating group) is 1. The number of carbonyl (C=O) groups is 1. The molecule has 0 aliphatic rings. The van der Waals surface area contributed by atoms with Crippen molar-refractivity contribution in [3.8, 4) is 0 Å². The van der Waals surface area contributed by atoms with Gasteiger partial charge in [0.05, 0.1) is 0 Å². The highest BCUT2D eigenvalue weighted by Crippen LogP contribution is 2.01. The molecule has 0 saturated heterocycles. The van der Waals surface area contributed by atoms with Crippen molar-refractivity contribution in [2.75, 3.05) is 19.3 Å². The van der Waals surface area contributed by atoms with Gasteiger partial charge in [0.25, 0.3) is 5.91 Å². The van der Waals surface area contributed by atoms with Crippen molar-refractivity contribution < 1.29 is 4.79 Å². The summed E-state index contributed by atoms with van der Waals surface area (Å²) in [5.74, 6) is -0.158. The van der Waals surface area contributed by atoms with Gasteiger partial charge in [0.1, 0.15) is 0 Å². The molecule has 0 spiro atoms. The Balaban J connectivity index is 2.58. The summed E-state index contributed by atoms with van der Waals surface area (Å²) in [7, 11) is 1.83. The fraction of sp³-hybridized carbons (Fsp3) is 0.444. The molecule has 1 rings (SSSR count). The molecular formula is C9H15N5O. The molecule has 6 heteroatoms. The quantitative estimate of drug-likeness (QED) is 0.615. The zero-order valence-electron chi connectivity index (χ0n) is 8.82. The Hall–Kier alpha value is -1.69. The molecule has 0 fully saturated rings. The Morgan fingerprint density at radius 3 is 2.80 bits per heavy atom. The zero-order valence-corrected chi connectivity index (χ0v) is 8.82. The number of carbonyl (C=O) groups excluding carboxylic acids is 1. The van der Waals surface area contributed by atoms with Gasteiger partial charge >= 0.3 is 0 Å². The van der Waals surface area contributed by atoms with Crippen LogP contribution in [0.4, 0.5) is 5.82 Å². The lowest BCUT2D eigenvalue weighted by atomic mass is 10.3. The van der Waals surface area contributed by atoms with E-state index in [2.05, 4.69) is 20.6 Å². The van der Waals surface area contributed by atoms with Gasteiger partial charge in [-0.15, -0.1) is 0 Å². The van der Waals surface area contributed by atoms with Crippen LogP contribution in [0.25, 0.3) is 0 Å². The average molecular weight is 209 g/mol. The Bertz CT molecular complexity index is 341. The minimum Gasteiger partial charge on any atom is -0.382 e. The predicted octanol–water partition coefficient (Wildman–Crippen LogP) is -0.603. The maximum atomic E-state index is 11.6. The number of nitrogens with zero attached hydrogens (tertiary/aromatic N) is 2.